The Hall–Kier alpha value is -2.22. The quantitative estimate of drug-likeness (QED) is 0.345. The van der Waals surface area contributed by atoms with Crippen molar-refractivity contribution in [2.75, 3.05) is 12.8 Å². The Morgan fingerprint density at radius 3 is 2.50 bits per heavy atom. The highest BCUT2D eigenvalue weighted by Gasteiger charge is 2.03. The van der Waals surface area contributed by atoms with Crippen molar-refractivity contribution in [3.05, 3.63) is 23.8 Å². The molecule has 0 amide bonds. The second-order valence-corrected chi connectivity index (χ2v) is 2.20. The minimum atomic E-state index is 0.398. The third-order valence-electron chi connectivity index (χ3n) is 1.39. The van der Waals surface area contributed by atoms with E-state index < -0.39 is 0 Å². The van der Waals surface area contributed by atoms with Crippen LogP contribution in [0.25, 0.3) is 0 Å². The number of nitrogens with two attached hydrogens (primary N) is 2. The van der Waals surface area contributed by atoms with Gasteiger partial charge in [-0.05, 0) is 12.1 Å². The van der Waals surface area contributed by atoms with E-state index in [0.717, 1.165) is 6.34 Å². The normalized spacial score (nSPS) is 7.71. The number of nitriles is 1. The van der Waals surface area contributed by atoms with Gasteiger partial charge in [0.2, 0.25) is 0 Å². The van der Waals surface area contributed by atoms with Crippen LogP contribution in [-0.2, 0) is 0 Å². The van der Waals surface area contributed by atoms with E-state index in [9.17, 15) is 0 Å². The number of hydrogen-bond donors (Lipinski definition) is 3. The minimum absolute atomic E-state index is 0.398. The van der Waals surface area contributed by atoms with Crippen LogP contribution in [0.4, 0.5) is 5.69 Å². The molecule has 5 N–H and O–H groups in total. The predicted molar refractivity (Wildman–Crippen MR) is 55.1 cm³/mol. The van der Waals surface area contributed by atoms with E-state index in [0.29, 0.717) is 17.0 Å². The van der Waals surface area contributed by atoms with E-state index in [4.69, 9.17) is 21.1 Å². The summed E-state index contributed by atoms with van der Waals surface area (Å²) in [7, 11) is 1.51. The summed E-state index contributed by atoms with van der Waals surface area (Å²) in [6, 6.07) is 7.08. The molecule has 0 spiro atoms. The van der Waals surface area contributed by atoms with Crippen molar-refractivity contribution < 1.29 is 4.74 Å². The van der Waals surface area contributed by atoms with Crippen LogP contribution in [0, 0.1) is 16.7 Å². The van der Waals surface area contributed by atoms with Gasteiger partial charge in [-0.1, -0.05) is 6.07 Å². The topological polar surface area (TPSA) is 109 Å². The SMILES string of the molecule is COc1cccc(N)c1C#N.N=CN. The summed E-state index contributed by atoms with van der Waals surface area (Å²) in [5, 5.41) is 14.5. The van der Waals surface area contributed by atoms with Crippen LogP contribution in [-0.4, -0.2) is 13.4 Å². The third-order valence-corrected chi connectivity index (χ3v) is 1.39. The Balaban J connectivity index is 0.000000500. The molecule has 0 aliphatic carbocycles. The van der Waals surface area contributed by atoms with Crippen LogP contribution < -0.4 is 16.2 Å². The van der Waals surface area contributed by atoms with Gasteiger partial charge < -0.3 is 16.2 Å². The van der Waals surface area contributed by atoms with Gasteiger partial charge in [0, 0.05) is 0 Å². The highest BCUT2D eigenvalue weighted by atomic mass is 16.5. The first-order chi connectivity index (χ1) is 6.71. The molecule has 1 aromatic rings. The molecule has 14 heavy (non-hydrogen) atoms. The van der Waals surface area contributed by atoms with E-state index in [1.165, 1.54) is 7.11 Å². The lowest BCUT2D eigenvalue weighted by Crippen LogP contribution is -1.93. The minimum Gasteiger partial charge on any atom is -0.495 e. The largest absolute Gasteiger partial charge is 0.495 e. The van der Waals surface area contributed by atoms with Crippen LogP contribution >= 0.6 is 0 Å². The molecule has 0 radical (unpaired) electrons. The summed E-state index contributed by atoms with van der Waals surface area (Å²) < 4.78 is 4.91. The van der Waals surface area contributed by atoms with E-state index >= 15 is 0 Å². The number of ether oxygens (including phenoxy) is 1. The van der Waals surface area contributed by atoms with Gasteiger partial charge in [-0.15, -0.1) is 0 Å². The molecule has 1 rings (SSSR count). The molecule has 0 unspecified atom stereocenters. The van der Waals surface area contributed by atoms with Crippen molar-refractivity contribution in [1.82, 2.24) is 0 Å². The zero-order valence-corrected chi connectivity index (χ0v) is 7.82. The number of anilines is 1. The van der Waals surface area contributed by atoms with Crippen molar-refractivity contribution >= 4 is 12.0 Å². The number of nitrogen functional groups attached to an aromatic ring is 1. The van der Waals surface area contributed by atoms with Crippen LogP contribution in [0.5, 0.6) is 5.75 Å². The van der Waals surface area contributed by atoms with Crippen molar-refractivity contribution in [3.8, 4) is 11.8 Å². The molecule has 5 nitrogen and oxygen atoms in total. The first-order valence-corrected chi connectivity index (χ1v) is 3.74. The van der Waals surface area contributed by atoms with Crippen LogP contribution in [0.3, 0.4) is 0 Å². The second kappa shape index (κ2) is 6.31. The molecule has 0 heterocycles. The molecule has 0 aliphatic heterocycles. The van der Waals surface area contributed by atoms with Gasteiger partial charge in [-0.2, -0.15) is 5.26 Å². The fraction of sp³-hybridized carbons (Fsp3) is 0.111. The number of nitrogens with one attached hydrogen (secondary N) is 1. The first kappa shape index (κ1) is 11.8. The van der Waals surface area contributed by atoms with Crippen molar-refractivity contribution in [3.63, 3.8) is 0 Å². The van der Waals surface area contributed by atoms with Crippen molar-refractivity contribution in [2.24, 2.45) is 5.73 Å². The number of methoxy groups -OCH3 is 1. The number of rotatable bonds is 1. The molecule has 0 aliphatic rings. The average molecular weight is 192 g/mol. The average Bonchev–Trinajstić information content (AvgIpc) is 2.18. The molecule has 0 saturated heterocycles. The summed E-state index contributed by atoms with van der Waals surface area (Å²) in [5.41, 5.74) is 10.7. The second-order valence-electron chi connectivity index (χ2n) is 2.20. The molecule has 1 aromatic carbocycles. The third kappa shape index (κ3) is 3.03. The fourth-order valence-electron chi connectivity index (χ4n) is 0.838. The molecular weight excluding hydrogens is 180 g/mol. The van der Waals surface area contributed by atoms with Crippen LogP contribution in [0.2, 0.25) is 0 Å². The Morgan fingerprint density at radius 1 is 1.57 bits per heavy atom. The molecule has 0 fully saturated rings. The Bertz CT molecular complexity index is 343. The lowest BCUT2D eigenvalue weighted by molar-refractivity contribution is 0.414. The molecule has 5 heteroatoms. The number of benzene rings is 1. The smallest absolute Gasteiger partial charge is 0.138 e. The zero-order valence-electron chi connectivity index (χ0n) is 7.82. The zero-order chi connectivity index (χ0) is 11.0. The van der Waals surface area contributed by atoms with Gasteiger partial charge in [0.05, 0.1) is 19.1 Å². The fourth-order valence-corrected chi connectivity index (χ4v) is 0.838. The van der Waals surface area contributed by atoms with Crippen molar-refractivity contribution in [1.29, 1.82) is 10.7 Å². The van der Waals surface area contributed by atoms with Gasteiger partial charge in [-0.3, -0.25) is 5.41 Å². The lowest BCUT2D eigenvalue weighted by atomic mass is 10.2. The summed E-state index contributed by atoms with van der Waals surface area (Å²) in [5.74, 6) is 0.521. The Kier molecular flexibility index (Phi) is 5.31. The first-order valence-electron chi connectivity index (χ1n) is 3.74. The van der Waals surface area contributed by atoms with E-state index in [2.05, 4.69) is 5.73 Å². The molecule has 0 saturated carbocycles. The van der Waals surface area contributed by atoms with Gasteiger partial charge in [0.1, 0.15) is 17.4 Å². The number of nitrogens with zero attached hydrogens (tertiary/aromatic N) is 1. The molecule has 74 valence electrons. The van der Waals surface area contributed by atoms with Crippen LogP contribution in [0.1, 0.15) is 5.56 Å². The summed E-state index contributed by atoms with van der Waals surface area (Å²) >= 11 is 0. The maximum absolute atomic E-state index is 8.62. The predicted octanol–water partition coefficient (Wildman–Crippen LogP) is 0.701. The summed E-state index contributed by atoms with van der Waals surface area (Å²) in [6.45, 7) is 0. The number of hydrogen-bond acceptors (Lipinski definition) is 4. The summed E-state index contributed by atoms with van der Waals surface area (Å²) in [4.78, 5) is 0. The molecule has 0 aromatic heterocycles. The van der Waals surface area contributed by atoms with Gasteiger partial charge >= 0.3 is 0 Å². The maximum atomic E-state index is 8.62. The maximum Gasteiger partial charge on any atom is 0.138 e. The Labute approximate surface area is 82.4 Å². The molecule has 0 atom stereocenters. The molecule has 0 bridgehead atoms. The highest BCUT2D eigenvalue weighted by molar-refractivity contribution is 5.60. The standard InChI is InChI=1S/C8H8N2O.CH4N2/c1-11-8-4-2-3-7(10)6(8)5-9;2-1-3/h2-4H,10H2,1H3;1H,(H3,2,3). The van der Waals surface area contributed by atoms with Crippen molar-refractivity contribution in [2.45, 2.75) is 0 Å². The van der Waals surface area contributed by atoms with Gasteiger partial charge in [0.15, 0.2) is 0 Å². The molecular formula is C9H12N4O. The van der Waals surface area contributed by atoms with Gasteiger partial charge in [0.25, 0.3) is 0 Å². The monoisotopic (exact) mass is 192 g/mol. The highest BCUT2D eigenvalue weighted by Crippen LogP contribution is 2.22. The summed E-state index contributed by atoms with van der Waals surface area (Å²) in [6.07, 6.45) is 0.750. The van der Waals surface area contributed by atoms with E-state index in [-0.39, 0.29) is 0 Å². The van der Waals surface area contributed by atoms with Gasteiger partial charge in [-0.25, -0.2) is 0 Å². The van der Waals surface area contributed by atoms with E-state index in [1.54, 1.807) is 18.2 Å². The van der Waals surface area contributed by atoms with E-state index in [1.807, 2.05) is 6.07 Å². The Morgan fingerprint density at radius 2 is 2.14 bits per heavy atom. The lowest BCUT2D eigenvalue weighted by Gasteiger charge is -2.02. The van der Waals surface area contributed by atoms with Crippen LogP contribution in [0.15, 0.2) is 18.2 Å².